The van der Waals surface area contributed by atoms with Gasteiger partial charge in [0.15, 0.2) is 5.65 Å². The first kappa shape index (κ1) is 21.1. The number of rotatable bonds is 4. The Morgan fingerprint density at radius 1 is 0.829 bits per heavy atom. The number of nitrogens with zero attached hydrogens (tertiary/aromatic N) is 6. The van der Waals surface area contributed by atoms with Crippen molar-refractivity contribution >= 4 is 22.6 Å². The van der Waals surface area contributed by atoms with E-state index >= 15 is 0 Å². The highest BCUT2D eigenvalue weighted by molar-refractivity contribution is 6.30. The summed E-state index contributed by atoms with van der Waals surface area (Å²) in [4.78, 5) is 23.0. The predicted molar refractivity (Wildman–Crippen MR) is 137 cm³/mol. The molecule has 0 aliphatic heterocycles. The number of aromatic nitrogens is 6. The van der Waals surface area contributed by atoms with Crippen molar-refractivity contribution in [2.24, 2.45) is 0 Å². The SMILES string of the molecule is Cc1nccn1-c1ccc(-c2nc3c(cnn3-c3ccccc3)c(=O)n2-c2ccc(Cl)cc2)cc1. The summed E-state index contributed by atoms with van der Waals surface area (Å²) in [5.41, 5.74) is 3.56. The van der Waals surface area contributed by atoms with E-state index in [-0.39, 0.29) is 5.56 Å². The summed E-state index contributed by atoms with van der Waals surface area (Å²) in [5.74, 6) is 1.40. The lowest BCUT2D eigenvalue weighted by Crippen LogP contribution is -2.22. The highest BCUT2D eigenvalue weighted by Crippen LogP contribution is 2.25. The lowest BCUT2D eigenvalue weighted by atomic mass is 10.1. The van der Waals surface area contributed by atoms with E-state index in [0.29, 0.717) is 27.6 Å². The van der Waals surface area contributed by atoms with Crippen LogP contribution in [-0.4, -0.2) is 28.9 Å². The Hall–Kier alpha value is -4.49. The second-order valence-electron chi connectivity index (χ2n) is 8.07. The van der Waals surface area contributed by atoms with E-state index in [1.165, 1.54) is 0 Å². The summed E-state index contributed by atoms with van der Waals surface area (Å²) in [6.45, 7) is 1.95. The minimum absolute atomic E-state index is 0.205. The molecule has 0 N–H and O–H groups in total. The van der Waals surface area contributed by atoms with Gasteiger partial charge in [0, 0.05) is 28.7 Å². The molecular formula is C27H19ClN6O. The van der Waals surface area contributed by atoms with Crippen LogP contribution in [0.2, 0.25) is 5.02 Å². The molecule has 0 radical (unpaired) electrons. The summed E-state index contributed by atoms with van der Waals surface area (Å²) in [6.07, 6.45) is 5.25. The van der Waals surface area contributed by atoms with Gasteiger partial charge in [0.25, 0.3) is 5.56 Å². The maximum absolute atomic E-state index is 13.8. The average molecular weight is 479 g/mol. The number of para-hydroxylation sites is 1. The number of halogens is 1. The third-order valence-electron chi connectivity index (χ3n) is 5.92. The number of imidazole rings is 1. The van der Waals surface area contributed by atoms with Gasteiger partial charge in [0.05, 0.1) is 17.6 Å². The quantitative estimate of drug-likeness (QED) is 0.341. The van der Waals surface area contributed by atoms with Gasteiger partial charge in [0.1, 0.15) is 17.0 Å². The fraction of sp³-hybridized carbons (Fsp3) is 0.0370. The van der Waals surface area contributed by atoms with Crippen molar-refractivity contribution in [3.63, 3.8) is 0 Å². The molecule has 8 heteroatoms. The molecule has 3 heterocycles. The van der Waals surface area contributed by atoms with Crippen LogP contribution in [0.5, 0.6) is 0 Å². The van der Waals surface area contributed by atoms with Gasteiger partial charge in [-0.1, -0.05) is 29.8 Å². The van der Waals surface area contributed by atoms with Crippen molar-refractivity contribution < 1.29 is 0 Å². The van der Waals surface area contributed by atoms with Crippen LogP contribution in [0.1, 0.15) is 5.82 Å². The number of fused-ring (bicyclic) bond motifs is 1. The first-order valence-corrected chi connectivity index (χ1v) is 11.4. The summed E-state index contributed by atoms with van der Waals surface area (Å²) in [7, 11) is 0. The van der Waals surface area contributed by atoms with Crippen LogP contribution in [0.25, 0.3) is 39.5 Å². The van der Waals surface area contributed by atoms with Gasteiger partial charge in [-0.25, -0.2) is 14.6 Å². The van der Waals surface area contributed by atoms with Crippen LogP contribution in [0, 0.1) is 6.92 Å². The maximum Gasteiger partial charge on any atom is 0.269 e. The summed E-state index contributed by atoms with van der Waals surface area (Å²) in [6, 6.07) is 24.7. The molecule has 0 saturated carbocycles. The number of hydrogen-bond donors (Lipinski definition) is 0. The molecule has 3 aromatic carbocycles. The van der Waals surface area contributed by atoms with E-state index < -0.39 is 0 Å². The Morgan fingerprint density at radius 2 is 1.54 bits per heavy atom. The molecule has 0 aliphatic rings. The van der Waals surface area contributed by atoms with Crippen molar-refractivity contribution in [2.45, 2.75) is 6.92 Å². The minimum Gasteiger partial charge on any atom is -0.304 e. The van der Waals surface area contributed by atoms with Gasteiger partial charge in [-0.05, 0) is 67.6 Å². The molecule has 0 aliphatic carbocycles. The van der Waals surface area contributed by atoms with Gasteiger partial charge >= 0.3 is 0 Å². The van der Waals surface area contributed by atoms with Crippen molar-refractivity contribution in [1.29, 1.82) is 0 Å². The van der Waals surface area contributed by atoms with Gasteiger partial charge in [0.2, 0.25) is 0 Å². The first-order valence-electron chi connectivity index (χ1n) is 11.0. The zero-order valence-electron chi connectivity index (χ0n) is 18.7. The van der Waals surface area contributed by atoms with Gasteiger partial charge in [-0.3, -0.25) is 9.36 Å². The largest absolute Gasteiger partial charge is 0.304 e. The van der Waals surface area contributed by atoms with Gasteiger partial charge in [-0.15, -0.1) is 0 Å². The van der Waals surface area contributed by atoms with Crippen molar-refractivity contribution in [3.8, 4) is 28.5 Å². The number of benzene rings is 3. The normalized spacial score (nSPS) is 11.3. The molecule has 0 fully saturated rings. The Morgan fingerprint density at radius 3 is 2.23 bits per heavy atom. The minimum atomic E-state index is -0.205. The number of hydrogen-bond acceptors (Lipinski definition) is 4. The van der Waals surface area contributed by atoms with E-state index in [1.807, 2.05) is 84.4 Å². The average Bonchev–Trinajstić information content (AvgIpc) is 3.52. The standard InChI is InChI=1S/C27H19ClN6O/c1-18-29-15-16-32(18)21-11-7-19(8-12-21)25-31-26-24(17-30-34(26)23-5-3-2-4-6-23)27(35)33(25)22-13-9-20(28)10-14-22/h2-17H,1H3. The molecule has 7 nitrogen and oxygen atoms in total. The van der Waals surface area contributed by atoms with Crippen LogP contribution in [0.4, 0.5) is 0 Å². The third kappa shape index (κ3) is 3.62. The van der Waals surface area contributed by atoms with Crippen LogP contribution >= 0.6 is 11.6 Å². The van der Waals surface area contributed by atoms with E-state index in [9.17, 15) is 4.79 Å². The Balaban J connectivity index is 1.60. The predicted octanol–water partition coefficient (Wildman–Crippen LogP) is 5.39. The molecule has 0 spiro atoms. The molecule has 0 amide bonds. The van der Waals surface area contributed by atoms with Crippen LogP contribution in [0.15, 0.2) is 102 Å². The van der Waals surface area contributed by atoms with E-state index in [2.05, 4.69) is 10.1 Å². The fourth-order valence-electron chi connectivity index (χ4n) is 4.17. The summed E-state index contributed by atoms with van der Waals surface area (Å²) in [5, 5.41) is 5.50. The van der Waals surface area contributed by atoms with Crippen molar-refractivity contribution in [2.75, 3.05) is 0 Å². The third-order valence-corrected chi connectivity index (χ3v) is 6.17. The van der Waals surface area contributed by atoms with Crippen molar-refractivity contribution in [1.82, 2.24) is 28.9 Å². The van der Waals surface area contributed by atoms with Gasteiger partial charge < -0.3 is 4.57 Å². The second kappa shape index (κ2) is 8.38. The molecule has 3 aromatic heterocycles. The zero-order chi connectivity index (χ0) is 23.9. The Kier molecular flexibility index (Phi) is 5.04. The second-order valence-corrected chi connectivity index (χ2v) is 8.51. The molecule has 0 bridgehead atoms. The molecule has 0 unspecified atom stereocenters. The van der Waals surface area contributed by atoms with E-state index in [4.69, 9.17) is 16.6 Å². The van der Waals surface area contributed by atoms with E-state index in [0.717, 1.165) is 22.8 Å². The summed E-state index contributed by atoms with van der Waals surface area (Å²) >= 11 is 6.12. The number of aryl methyl sites for hydroxylation is 1. The molecule has 0 atom stereocenters. The smallest absolute Gasteiger partial charge is 0.269 e. The Labute approximate surface area is 205 Å². The fourth-order valence-corrected chi connectivity index (χ4v) is 4.30. The molecule has 6 rings (SSSR count). The van der Waals surface area contributed by atoms with Crippen LogP contribution < -0.4 is 5.56 Å². The molecule has 35 heavy (non-hydrogen) atoms. The van der Waals surface area contributed by atoms with E-state index in [1.54, 1.807) is 33.8 Å². The summed E-state index contributed by atoms with van der Waals surface area (Å²) < 4.78 is 5.29. The lowest BCUT2D eigenvalue weighted by Gasteiger charge is -2.14. The van der Waals surface area contributed by atoms with Crippen LogP contribution in [0.3, 0.4) is 0 Å². The zero-order valence-corrected chi connectivity index (χ0v) is 19.5. The highest BCUT2D eigenvalue weighted by Gasteiger charge is 2.18. The highest BCUT2D eigenvalue weighted by atomic mass is 35.5. The molecular weight excluding hydrogens is 460 g/mol. The molecule has 170 valence electrons. The van der Waals surface area contributed by atoms with Crippen molar-refractivity contribution in [3.05, 3.63) is 119 Å². The lowest BCUT2D eigenvalue weighted by molar-refractivity contribution is 0.888. The van der Waals surface area contributed by atoms with Crippen LogP contribution in [-0.2, 0) is 0 Å². The first-order chi connectivity index (χ1) is 17.1. The molecule has 6 aromatic rings. The monoisotopic (exact) mass is 478 g/mol. The van der Waals surface area contributed by atoms with Gasteiger partial charge in [-0.2, -0.15) is 5.10 Å². The Bertz CT molecular complexity index is 1710. The maximum atomic E-state index is 13.8. The molecule has 0 saturated heterocycles. The topological polar surface area (TPSA) is 70.5 Å².